The Morgan fingerprint density at radius 3 is 2.67 bits per heavy atom. The van der Waals surface area contributed by atoms with Gasteiger partial charge < -0.3 is 9.80 Å². The van der Waals surface area contributed by atoms with Crippen molar-refractivity contribution in [1.29, 1.82) is 0 Å². The predicted octanol–water partition coefficient (Wildman–Crippen LogP) is 2.30. The SMILES string of the molecule is CCCC1NC(CC(C)C)C(=O)N1CC1CCN(CC)C1. The van der Waals surface area contributed by atoms with Crippen molar-refractivity contribution in [3.8, 4) is 0 Å². The zero-order chi connectivity index (χ0) is 15.4. The van der Waals surface area contributed by atoms with Gasteiger partial charge in [-0.15, -0.1) is 0 Å². The predicted molar refractivity (Wildman–Crippen MR) is 87.0 cm³/mol. The van der Waals surface area contributed by atoms with Crippen LogP contribution in [0.5, 0.6) is 0 Å². The standard InChI is InChI=1S/C17H33N3O/c1-5-7-16-18-15(10-13(3)4)17(21)20(16)12-14-8-9-19(6-2)11-14/h13-16,18H,5-12H2,1-4H3. The molecule has 0 aromatic rings. The molecule has 0 aliphatic carbocycles. The lowest BCUT2D eigenvalue weighted by molar-refractivity contribution is -0.131. The van der Waals surface area contributed by atoms with E-state index in [1.165, 1.54) is 13.0 Å². The van der Waals surface area contributed by atoms with Gasteiger partial charge in [-0.2, -0.15) is 0 Å². The Morgan fingerprint density at radius 2 is 2.10 bits per heavy atom. The average Bonchev–Trinajstić information content (AvgIpc) is 2.99. The molecule has 0 aromatic carbocycles. The maximum Gasteiger partial charge on any atom is 0.241 e. The largest absolute Gasteiger partial charge is 0.325 e. The number of amides is 1. The molecule has 2 fully saturated rings. The number of carbonyl (C=O) groups excluding carboxylic acids is 1. The van der Waals surface area contributed by atoms with Gasteiger partial charge in [-0.1, -0.05) is 34.1 Å². The molecule has 1 amide bonds. The maximum absolute atomic E-state index is 12.7. The first-order valence-electron chi connectivity index (χ1n) is 8.84. The van der Waals surface area contributed by atoms with Crippen molar-refractivity contribution < 1.29 is 4.79 Å². The number of hydrogen-bond acceptors (Lipinski definition) is 3. The Hall–Kier alpha value is -0.610. The molecule has 2 heterocycles. The fourth-order valence-corrected chi connectivity index (χ4v) is 3.74. The summed E-state index contributed by atoms with van der Waals surface area (Å²) in [6, 6.07) is 0.0465. The van der Waals surface area contributed by atoms with Crippen LogP contribution in [0.15, 0.2) is 0 Å². The van der Waals surface area contributed by atoms with Crippen molar-refractivity contribution in [3.05, 3.63) is 0 Å². The molecule has 0 radical (unpaired) electrons. The first-order chi connectivity index (χ1) is 10.0. The smallest absolute Gasteiger partial charge is 0.241 e. The second-order valence-corrected chi connectivity index (χ2v) is 7.19. The van der Waals surface area contributed by atoms with Crippen LogP contribution < -0.4 is 5.32 Å². The van der Waals surface area contributed by atoms with E-state index >= 15 is 0 Å². The van der Waals surface area contributed by atoms with Crippen molar-refractivity contribution in [3.63, 3.8) is 0 Å². The molecule has 21 heavy (non-hydrogen) atoms. The molecule has 2 aliphatic rings. The van der Waals surface area contributed by atoms with Gasteiger partial charge in [-0.05, 0) is 44.2 Å². The quantitative estimate of drug-likeness (QED) is 0.783. The van der Waals surface area contributed by atoms with Gasteiger partial charge in [0.1, 0.15) is 0 Å². The Balaban J connectivity index is 1.96. The third kappa shape index (κ3) is 4.19. The van der Waals surface area contributed by atoms with Crippen LogP contribution in [-0.4, -0.2) is 54.1 Å². The molecule has 4 nitrogen and oxygen atoms in total. The summed E-state index contributed by atoms with van der Waals surface area (Å²) in [5, 5.41) is 3.59. The summed E-state index contributed by atoms with van der Waals surface area (Å²) in [7, 11) is 0. The number of hydrogen-bond donors (Lipinski definition) is 1. The van der Waals surface area contributed by atoms with Gasteiger partial charge in [0.2, 0.25) is 5.91 Å². The van der Waals surface area contributed by atoms with Crippen LogP contribution in [0.4, 0.5) is 0 Å². The third-order valence-electron chi connectivity index (χ3n) is 4.89. The minimum absolute atomic E-state index is 0.0465. The third-order valence-corrected chi connectivity index (χ3v) is 4.89. The van der Waals surface area contributed by atoms with E-state index in [4.69, 9.17) is 0 Å². The summed E-state index contributed by atoms with van der Waals surface area (Å²) in [6.45, 7) is 13.3. The van der Waals surface area contributed by atoms with Crippen molar-refractivity contribution in [1.82, 2.24) is 15.1 Å². The minimum Gasteiger partial charge on any atom is -0.325 e. The number of nitrogens with one attached hydrogen (secondary N) is 1. The summed E-state index contributed by atoms with van der Waals surface area (Å²) in [6.07, 6.45) is 4.67. The van der Waals surface area contributed by atoms with Gasteiger partial charge in [-0.25, -0.2) is 0 Å². The highest BCUT2D eigenvalue weighted by Gasteiger charge is 2.39. The molecular formula is C17H33N3O. The van der Waals surface area contributed by atoms with Crippen LogP contribution in [0.2, 0.25) is 0 Å². The first kappa shape index (κ1) is 16.8. The molecule has 4 heteroatoms. The van der Waals surface area contributed by atoms with Crippen molar-refractivity contribution in [2.75, 3.05) is 26.2 Å². The molecule has 3 unspecified atom stereocenters. The molecule has 0 spiro atoms. The molecular weight excluding hydrogens is 262 g/mol. The van der Waals surface area contributed by atoms with Gasteiger partial charge in [-0.3, -0.25) is 10.1 Å². The van der Waals surface area contributed by atoms with E-state index in [0.29, 0.717) is 17.7 Å². The van der Waals surface area contributed by atoms with Crippen LogP contribution in [-0.2, 0) is 4.79 Å². The monoisotopic (exact) mass is 295 g/mol. The lowest BCUT2D eigenvalue weighted by Crippen LogP contribution is -2.40. The highest BCUT2D eigenvalue weighted by Crippen LogP contribution is 2.24. The van der Waals surface area contributed by atoms with E-state index < -0.39 is 0 Å². The molecule has 122 valence electrons. The van der Waals surface area contributed by atoms with Gasteiger partial charge >= 0.3 is 0 Å². The number of likely N-dealkylation sites (tertiary alicyclic amines) is 1. The van der Waals surface area contributed by atoms with E-state index in [0.717, 1.165) is 38.9 Å². The van der Waals surface area contributed by atoms with E-state index in [9.17, 15) is 4.79 Å². The Morgan fingerprint density at radius 1 is 1.33 bits per heavy atom. The van der Waals surface area contributed by atoms with Crippen LogP contribution in [0, 0.1) is 11.8 Å². The van der Waals surface area contributed by atoms with Crippen LogP contribution >= 0.6 is 0 Å². The molecule has 0 saturated carbocycles. The van der Waals surface area contributed by atoms with Crippen molar-refractivity contribution >= 4 is 5.91 Å². The molecule has 0 aromatic heterocycles. The van der Waals surface area contributed by atoms with E-state index in [-0.39, 0.29) is 12.2 Å². The zero-order valence-electron chi connectivity index (χ0n) is 14.3. The van der Waals surface area contributed by atoms with Crippen LogP contribution in [0.1, 0.15) is 53.4 Å². The lowest BCUT2D eigenvalue weighted by atomic mass is 10.0. The number of rotatable bonds is 7. The summed E-state index contributed by atoms with van der Waals surface area (Å²) in [5.41, 5.74) is 0. The Kier molecular flexibility index (Phi) is 6.06. The van der Waals surface area contributed by atoms with Gasteiger partial charge in [0.05, 0.1) is 12.2 Å². The van der Waals surface area contributed by atoms with Crippen LogP contribution in [0.25, 0.3) is 0 Å². The van der Waals surface area contributed by atoms with E-state index in [2.05, 4.69) is 42.8 Å². The maximum atomic E-state index is 12.7. The molecule has 2 rings (SSSR count). The normalized spacial score (nSPS) is 30.8. The molecule has 1 N–H and O–H groups in total. The lowest BCUT2D eigenvalue weighted by Gasteiger charge is -2.27. The van der Waals surface area contributed by atoms with Gasteiger partial charge in [0.15, 0.2) is 0 Å². The number of carbonyl (C=O) groups is 1. The van der Waals surface area contributed by atoms with Crippen LogP contribution in [0.3, 0.4) is 0 Å². The molecule has 2 aliphatic heterocycles. The fraction of sp³-hybridized carbons (Fsp3) is 0.941. The molecule has 3 atom stereocenters. The van der Waals surface area contributed by atoms with Gasteiger partial charge in [0.25, 0.3) is 0 Å². The Labute approximate surface area is 130 Å². The first-order valence-corrected chi connectivity index (χ1v) is 8.84. The van der Waals surface area contributed by atoms with E-state index in [1.807, 2.05) is 0 Å². The van der Waals surface area contributed by atoms with Crippen molar-refractivity contribution in [2.45, 2.75) is 65.6 Å². The minimum atomic E-state index is 0.0465. The van der Waals surface area contributed by atoms with Gasteiger partial charge in [0, 0.05) is 13.1 Å². The highest BCUT2D eigenvalue weighted by molar-refractivity contribution is 5.84. The topological polar surface area (TPSA) is 35.6 Å². The summed E-state index contributed by atoms with van der Waals surface area (Å²) < 4.78 is 0. The fourth-order valence-electron chi connectivity index (χ4n) is 3.74. The second kappa shape index (κ2) is 7.59. The molecule has 2 saturated heterocycles. The Bertz CT molecular complexity index is 345. The second-order valence-electron chi connectivity index (χ2n) is 7.19. The van der Waals surface area contributed by atoms with Crippen molar-refractivity contribution in [2.24, 2.45) is 11.8 Å². The van der Waals surface area contributed by atoms with E-state index in [1.54, 1.807) is 0 Å². The molecule has 0 bridgehead atoms. The summed E-state index contributed by atoms with van der Waals surface area (Å²) >= 11 is 0. The highest BCUT2D eigenvalue weighted by atomic mass is 16.2. The summed E-state index contributed by atoms with van der Waals surface area (Å²) in [4.78, 5) is 17.4. The zero-order valence-corrected chi connectivity index (χ0v) is 14.3. The number of nitrogens with zero attached hydrogens (tertiary/aromatic N) is 2. The average molecular weight is 295 g/mol. The summed E-state index contributed by atoms with van der Waals surface area (Å²) in [5.74, 6) is 1.57.